The van der Waals surface area contributed by atoms with Crippen LogP contribution in [0.25, 0.3) is 10.2 Å². The number of fused-ring (bicyclic) bond motifs is 1. The number of aromatic nitrogens is 2. The standard InChI is InChI=1S/C16H18N4S/c1-10-5-6-13(11(2)9-10)20(4)14-12-7-8-21-15(12)19-16(17-3)18-14/h5-9H,1-4H3,(H,17,18,19). The predicted octanol–water partition coefficient (Wildman–Crippen LogP) is 4.12. The Bertz CT molecular complexity index is 794. The van der Waals surface area contributed by atoms with Gasteiger partial charge in [-0.3, -0.25) is 0 Å². The van der Waals surface area contributed by atoms with Gasteiger partial charge in [0.2, 0.25) is 5.95 Å². The zero-order valence-corrected chi connectivity index (χ0v) is 13.5. The van der Waals surface area contributed by atoms with E-state index in [1.54, 1.807) is 11.3 Å². The Kier molecular flexibility index (Phi) is 3.51. The summed E-state index contributed by atoms with van der Waals surface area (Å²) in [5, 5.41) is 6.18. The van der Waals surface area contributed by atoms with Crippen LogP contribution in [-0.2, 0) is 0 Å². The van der Waals surface area contributed by atoms with E-state index in [2.05, 4.69) is 70.7 Å². The summed E-state index contributed by atoms with van der Waals surface area (Å²) < 4.78 is 0. The summed E-state index contributed by atoms with van der Waals surface area (Å²) in [6.45, 7) is 4.24. The lowest BCUT2D eigenvalue weighted by atomic mass is 10.1. The molecule has 2 aromatic heterocycles. The Labute approximate surface area is 128 Å². The molecule has 0 fully saturated rings. The van der Waals surface area contributed by atoms with Crippen molar-refractivity contribution in [3.63, 3.8) is 0 Å². The summed E-state index contributed by atoms with van der Waals surface area (Å²) in [4.78, 5) is 12.3. The molecule has 0 unspecified atom stereocenters. The van der Waals surface area contributed by atoms with Crippen LogP contribution in [0.4, 0.5) is 17.5 Å². The van der Waals surface area contributed by atoms with Gasteiger partial charge in [-0.15, -0.1) is 11.3 Å². The second-order valence-electron chi connectivity index (χ2n) is 5.11. The lowest BCUT2D eigenvalue weighted by Gasteiger charge is -2.22. The van der Waals surface area contributed by atoms with E-state index >= 15 is 0 Å². The molecule has 0 amide bonds. The first-order valence-electron chi connectivity index (χ1n) is 6.84. The minimum absolute atomic E-state index is 0.650. The van der Waals surface area contributed by atoms with Crippen molar-refractivity contribution in [2.45, 2.75) is 13.8 Å². The molecule has 2 heterocycles. The topological polar surface area (TPSA) is 41.1 Å². The molecule has 0 saturated heterocycles. The van der Waals surface area contributed by atoms with Gasteiger partial charge in [0.1, 0.15) is 10.6 Å². The Morgan fingerprint density at radius 3 is 2.67 bits per heavy atom. The molecule has 5 heteroatoms. The number of hydrogen-bond acceptors (Lipinski definition) is 5. The van der Waals surface area contributed by atoms with Gasteiger partial charge in [0, 0.05) is 19.8 Å². The molecule has 0 aliphatic rings. The summed E-state index contributed by atoms with van der Waals surface area (Å²) in [5.74, 6) is 1.58. The van der Waals surface area contributed by atoms with Crippen LogP contribution in [0.1, 0.15) is 11.1 Å². The molecule has 21 heavy (non-hydrogen) atoms. The number of thiophene rings is 1. The highest BCUT2D eigenvalue weighted by Gasteiger charge is 2.15. The van der Waals surface area contributed by atoms with Crippen LogP contribution in [0.15, 0.2) is 29.6 Å². The molecular formula is C16H18N4S. The molecule has 0 aliphatic carbocycles. The molecule has 3 aromatic rings. The van der Waals surface area contributed by atoms with Crippen LogP contribution < -0.4 is 10.2 Å². The molecule has 3 rings (SSSR count). The highest BCUT2D eigenvalue weighted by molar-refractivity contribution is 7.16. The number of hydrogen-bond donors (Lipinski definition) is 1. The predicted molar refractivity (Wildman–Crippen MR) is 90.9 cm³/mol. The van der Waals surface area contributed by atoms with Gasteiger partial charge < -0.3 is 10.2 Å². The minimum Gasteiger partial charge on any atom is -0.357 e. The van der Waals surface area contributed by atoms with Gasteiger partial charge in [-0.25, -0.2) is 4.98 Å². The third-order valence-corrected chi connectivity index (χ3v) is 4.37. The quantitative estimate of drug-likeness (QED) is 0.790. The second-order valence-corrected chi connectivity index (χ2v) is 6.00. The first-order chi connectivity index (χ1) is 10.1. The van der Waals surface area contributed by atoms with Gasteiger partial charge in [-0.05, 0) is 36.9 Å². The third-order valence-electron chi connectivity index (χ3n) is 3.56. The number of nitrogens with zero attached hydrogens (tertiary/aromatic N) is 3. The Hall–Kier alpha value is -2.14. The highest BCUT2D eigenvalue weighted by Crippen LogP contribution is 2.33. The van der Waals surface area contributed by atoms with Crippen LogP contribution in [0.2, 0.25) is 0 Å². The SMILES string of the molecule is CNc1nc(N(C)c2ccc(C)cc2C)c2ccsc2n1. The van der Waals surface area contributed by atoms with E-state index in [9.17, 15) is 0 Å². The molecule has 0 aliphatic heterocycles. The van der Waals surface area contributed by atoms with E-state index in [0.717, 1.165) is 21.7 Å². The summed E-state index contributed by atoms with van der Waals surface area (Å²) >= 11 is 1.63. The maximum absolute atomic E-state index is 4.64. The molecule has 1 aromatic carbocycles. The van der Waals surface area contributed by atoms with E-state index in [1.807, 2.05) is 7.05 Å². The van der Waals surface area contributed by atoms with Crippen molar-refractivity contribution in [2.24, 2.45) is 0 Å². The average Bonchev–Trinajstić information content (AvgIpc) is 2.93. The first kappa shape index (κ1) is 13.8. The van der Waals surface area contributed by atoms with E-state index in [4.69, 9.17) is 0 Å². The van der Waals surface area contributed by atoms with Crippen molar-refractivity contribution < 1.29 is 0 Å². The van der Waals surface area contributed by atoms with Gasteiger partial charge in [0.05, 0.1) is 5.39 Å². The van der Waals surface area contributed by atoms with Gasteiger partial charge >= 0.3 is 0 Å². The van der Waals surface area contributed by atoms with Crippen molar-refractivity contribution in [2.75, 3.05) is 24.3 Å². The third kappa shape index (κ3) is 2.45. The maximum Gasteiger partial charge on any atom is 0.225 e. The number of rotatable bonds is 3. The van der Waals surface area contributed by atoms with E-state index in [-0.39, 0.29) is 0 Å². The maximum atomic E-state index is 4.64. The van der Waals surface area contributed by atoms with Crippen LogP contribution in [-0.4, -0.2) is 24.1 Å². The first-order valence-corrected chi connectivity index (χ1v) is 7.72. The van der Waals surface area contributed by atoms with Gasteiger partial charge in [0.15, 0.2) is 0 Å². The van der Waals surface area contributed by atoms with Gasteiger partial charge in [0.25, 0.3) is 0 Å². The highest BCUT2D eigenvalue weighted by atomic mass is 32.1. The number of anilines is 3. The number of nitrogens with one attached hydrogen (secondary N) is 1. The van der Waals surface area contributed by atoms with Crippen LogP contribution in [0.5, 0.6) is 0 Å². The molecule has 0 saturated carbocycles. The zero-order chi connectivity index (χ0) is 15.0. The van der Waals surface area contributed by atoms with Crippen molar-refractivity contribution in [3.05, 3.63) is 40.8 Å². The molecule has 0 radical (unpaired) electrons. The van der Waals surface area contributed by atoms with Crippen LogP contribution >= 0.6 is 11.3 Å². The fraction of sp³-hybridized carbons (Fsp3) is 0.250. The Morgan fingerprint density at radius 2 is 1.95 bits per heavy atom. The number of benzene rings is 1. The Morgan fingerprint density at radius 1 is 1.14 bits per heavy atom. The normalized spacial score (nSPS) is 10.9. The largest absolute Gasteiger partial charge is 0.357 e. The summed E-state index contributed by atoms with van der Waals surface area (Å²) in [5.41, 5.74) is 3.67. The minimum atomic E-state index is 0.650. The number of aryl methyl sites for hydroxylation is 2. The molecule has 0 atom stereocenters. The van der Waals surface area contributed by atoms with E-state index in [1.165, 1.54) is 11.1 Å². The molecule has 108 valence electrons. The summed E-state index contributed by atoms with van der Waals surface area (Å²) in [6.07, 6.45) is 0. The van der Waals surface area contributed by atoms with E-state index in [0.29, 0.717) is 5.95 Å². The second kappa shape index (κ2) is 5.33. The van der Waals surface area contributed by atoms with E-state index < -0.39 is 0 Å². The molecule has 4 nitrogen and oxygen atoms in total. The van der Waals surface area contributed by atoms with Gasteiger partial charge in [-0.1, -0.05) is 17.7 Å². The summed E-state index contributed by atoms with van der Waals surface area (Å²) in [7, 11) is 3.90. The fourth-order valence-corrected chi connectivity index (χ4v) is 3.26. The molecule has 0 spiro atoms. The molecular weight excluding hydrogens is 280 g/mol. The van der Waals surface area contributed by atoms with Crippen molar-refractivity contribution in [1.82, 2.24) is 9.97 Å². The average molecular weight is 298 g/mol. The lowest BCUT2D eigenvalue weighted by Crippen LogP contribution is -2.14. The van der Waals surface area contributed by atoms with Crippen molar-refractivity contribution in [3.8, 4) is 0 Å². The monoisotopic (exact) mass is 298 g/mol. The Balaban J connectivity index is 2.16. The zero-order valence-electron chi connectivity index (χ0n) is 12.6. The molecule has 1 N–H and O–H groups in total. The van der Waals surface area contributed by atoms with Crippen LogP contribution in [0.3, 0.4) is 0 Å². The summed E-state index contributed by atoms with van der Waals surface area (Å²) in [6, 6.07) is 8.54. The van der Waals surface area contributed by atoms with Crippen LogP contribution in [0, 0.1) is 13.8 Å². The van der Waals surface area contributed by atoms with Crippen molar-refractivity contribution in [1.29, 1.82) is 0 Å². The van der Waals surface area contributed by atoms with Gasteiger partial charge in [-0.2, -0.15) is 4.98 Å². The smallest absolute Gasteiger partial charge is 0.225 e. The molecule has 0 bridgehead atoms. The fourth-order valence-electron chi connectivity index (χ4n) is 2.50. The van der Waals surface area contributed by atoms with Crippen molar-refractivity contribution >= 4 is 39.0 Å². The lowest BCUT2D eigenvalue weighted by molar-refractivity contribution is 1.10.